The molecule has 0 aromatic heterocycles. The number of halogens is 2. The molecule has 0 radical (unpaired) electrons. The number of rotatable bonds is 4. The number of carbonyl (C=O) groups is 1. The summed E-state index contributed by atoms with van der Waals surface area (Å²) in [6.45, 7) is 6.92. The fraction of sp³-hybridized carbons (Fsp3) is 0.562. The number of benzene rings is 1. The van der Waals surface area contributed by atoms with E-state index in [0.717, 1.165) is 18.7 Å². The van der Waals surface area contributed by atoms with Crippen molar-refractivity contribution in [3.8, 4) is 0 Å². The van der Waals surface area contributed by atoms with E-state index < -0.39 is 0 Å². The fourth-order valence-corrected chi connectivity index (χ4v) is 3.58. The van der Waals surface area contributed by atoms with Crippen LogP contribution in [0.15, 0.2) is 18.2 Å². The van der Waals surface area contributed by atoms with E-state index in [1.165, 1.54) is 17.7 Å². The van der Waals surface area contributed by atoms with Gasteiger partial charge >= 0.3 is 0 Å². The predicted molar refractivity (Wildman–Crippen MR) is 87.0 cm³/mol. The number of likely N-dealkylation sites (tertiary alicyclic amines) is 1. The average Bonchev–Trinajstić information content (AvgIpc) is 2.38. The Labute approximate surface area is 136 Å². The van der Waals surface area contributed by atoms with E-state index in [1.807, 2.05) is 13.0 Å². The number of piperidine rings is 1. The summed E-state index contributed by atoms with van der Waals surface area (Å²) in [7, 11) is 0. The second-order valence-electron chi connectivity index (χ2n) is 6.08. The van der Waals surface area contributed by atoms with Gasteiger partial charge in [0.25, 0.3) is 5.91 Å². The van der Waals surface area contributed by atoms with E-state index in [9.17, 15) is 4.79 Å². The molecule has 0 saturated carbocycles. The number of hydrogen-bond donors (Lipinski definition) is 2. The first kappa shape index (κ1) is 16.6. The lowest BCUT2D eigenvalue weighted by Crippen LogP contribution is -3.14. The fourth-order valence-electron chi connectivity index (χ4n) is 3.01. The predicted octanol–water partition coefficient (Wildman–Crippen LogP) is 2.49. The minimum atomic E-state index is -0.108. The van der Waals surface area contributed by atoms with Gasteiger partial charge in [-0.25, -0.2) is 0 Å². The highest BCUT2D eigenvalue weighted by molar-refractivity contribution is 6.35. The van der Waals surface area contributed by atoms with Gasteiger partial charge in [0, 0.05) is 16.0 Å². The van der Waals surface area contributed by atoms with Crippen molar-refractivity contribution in [2.75, 3.05) is 19.6 Å². The van der Waals surface area contributed by atoms with Gasteiger partial charge in [0.2, 0.25) is 0 Å². The van der Waals surface area contributed by atoms with Crippen molar-refractivity contribution in [3.05, 3.63) is 33.8 Å². The van der Waals surface area contributed by atoms with Crippen LogP contribution < -0.4 is 10.2 Å². The maximum Gasteiger partial charge on any atom is 0.275 e. The molecule has 1 aliphatic rings. The summed E-state index contributed by atoms with van der Waals surface area (Å²) in [6, 6.07) is 5.26. The summed E-state index contributed by atoms with van der Waals surface area (Å²) in [5, 5.41) is 4.23. The molecule has 0 spiro atoms. The third-order valence-electron chi connectivity index (χ3n) is 4.08. The molecule has 2 rings (SSSR count). The quantitative estimate of drug-likeness (QED) is 0.874. The maximum absolute atomic E-state index is 12.2. The number of quaternary nitrogens is 1. The van der Waals surface area contributed by atoms with Crippen LogP contribution in [-0.4, -0.2) is 25.5 Å². The largest absolute Gasteiger partial charge is 0.345 e. The summed E-state index contributed by atoms with van der Waals surface area (Å²) in [6.07, 6.45) is 2.49. The Morgan fingerprint density at radius 3 is 2.90 bits per heavy atom. The molecule has 2 N–H and O–H groups in total. The molecule has 1 aliphatic heterocycles. The lowest BCUT2D eigenvalue weighted by Gasteiger charge is -2.27. The minimum Gasteiger partial charge on any atom is -0.345 e. The summed E-state index contributed by atoms with van der Waals surface area (Å²) >= 11 is 12.1. The van der Waals surface area contributed by atoms with E-state index >= 15 is 0 Å². The molecule has 1 aromatic rings. The van der Waals surface area contributed by atoms with E-state index in [1.54, 1.807) is 12.1 Å². The van der Waals surface area contributed by atoms with Gasteiger partial charge in [-0.05, 0) is 37.5 Å². The lowest BCUT2D eigenvalue weighted by molar-refractivity contribution is -0.900. The topological polar surface area (TPSA) is 33.5 Å². The summed E-state index contributed by atoms with van der Waals surface area (Å²) in [5.41, 5.74) is 0.899. The molecule has 3 nitrogen and oxygen atoms in total. The summed E-state index contributed by atoms with van der Waals surface area (Å²) < 4.78 is 0. The van der Waals surface area contributed by atoms with Gasteiger partial charge in [0.1, 0.15) is 0 Å². The Morgan fingerprint density at radius 2 is 2.24 bits per heavy atom. The lowest BCUT2D eigenvalue weighted by atomic mass is 10.0. The Hall–Kier alpha value is -0.770. The zero-order chi connectivity index (χ0) is 15.4. The van der Waals surface area contributed by atoms with Gasteiger partial charge in [-0.2, -0.15) is 0 Å². The van der Waals surface area contributed by atoms with Crippen LogP contribution in [-0.2, 0) is 4.79 Å². The first-order valence-corrected chi connectivity index (χ1v) is 8.29. The number of nitrogens with one attached hydrogen (secondary N) is 2. The molecule has 1 aromatic carbocycles. The molecule has 5 heteroatoms. The van der Waals surface area contributed by atoms with Crippen molar-refractivity contribution >= 4 is 29.1 Å². The molecule has 1 fully saturated rings. The molecule has 21 heavy (non-hydrogen) atoms. The van der Waals surface area contributed by atoms with Crippen LogP contribution in [0.1, 0.15) is 38.3 Å². The maximum atomic E-state index is 12.2. The van der Waals surface area contributed by atoms with Crippen molar-refractivity contribution in [2.45, 2.75) is 32.7 Å². The highest BCUT2D eigenvalue weighted by Gasteiger charge is 2.23. The first-order valence-electron chi connectivity index (χ1n) is 7.53. The van der Waals surface area contributed by atoms with Crippen LogP contribution >= 0.6 is 23.2 Å². The Balaban J connectivity index is 1.89. The summed E-state index contributed by atoms with van der Waals surface area (Å²) in [5.74, 6) is 0.794. The number of amides is 1. The van der Waals surface area contributed by atoms with Gasteiger partial charge in [-0.1, -0.05) is 36.2 Å². The molecular weight excluding hydrogens is 307 g/mol. The third-order valence-corrected chi connectivity index (χ3v) is 4.64. The standard InChI is InChI=1S/C16H22Cl2N2O/c1-11-4-3-7-20(9-11)10-16(21)19-12(2)14-6-5-13(17)8-15(14)18/h5-6,8,11-12H,3-4,7,9-10H2,1-2H3,(H,19,21)/p+1/t11-,12+/m1/s1. The molecule has 116 valence electrons. The Kier molecular flexibility index (Phi) is 5.91. The van der Waals surface area contributed by atoms with Gasteiger partial charge in [0.05, 0.1) is 19.1 Å². The summed E-state index contributed by atoms with van der Waals surface area (Å²) in [4.78, 5) is 13.6. The minimum absolute atomic E-state index is 0.0811. The molecule has 1 saturated heterocycles. The third kappa shape index (κ3) is 4.87. The van der Waals surface area contributed by atoms with Crippen molar-refractivity contribution in [1.82, 2.24) is 5.32 Å². The van der Waals surface area contributed by atoms with E-state index in [0.29, 0.717) is 22.5 Å². The zero-order valence-electron chi connectivity index (χ0n) is 12.6. The van der Waals surface area contributed by atoms with E-state index in [2.05, 4.69) is 12.2 Å². The van der Waals surface area contributed by atoms with Gasteiger partial charge in [-0.3, -0.25) is 4.79 Å². The van der Waals surface area contributed by atoms with Crippen molar-refractivity contribution in [3.63, 3.8) is 0 Å². The smallest absolute Gasteiger partial charge is 0.275 e. The van der Waals surface area contributed by atoms with Gasteiger partial charge in [0.15, 0.2) is 6.54 Å². The van der Waals surface area contributed by atoms with Crippen molar-refractivity contribution in [2.24, 2.45) is 5.92 Å². The highest BCUT2D eigenvalue weighted by Crippen LogP contribution is 2.25. The molecule has 1 unspecified atom stereocenters. The van der Waals surface area contributed by atoms with Gasteiger partial charge in [-0.15, -0.1) is 0 Å². The normalized spacial score (nSPS) is 23.6. The molecule has 3 atom stereocenters. The van der Waals surface area contributed by atoms with Gasteiger partial charge < -0.3 is 10.2 Å². The number of hydrogen-bond acceptors (Lipinski definition) is 1. The van der Waals surface area contributed by atoms with Crippen molar-refractivity contribution in [1.29, 1.82) is 0 Å². The molecule has 0 aliphatic carbocycles. The van der Waals surface area contributed by atoms with Crippen LogP contribution in [0.4, 0.5) is 0 Å². The second kappa shape index (κ2) is 7.48. The molecule has 1 amide bonds. The van der Waals surface area contributed by atoms with Crippen LogP contribution in [0.5, 0.6) is 0 Å². The highest BCUT2D eigenvalue weighted by atomic mass is 35.5. The number of carbonyl (C=O) groups excluding carboxylic acids is 1. The molecular formula is C16H23Cl2N2O+. The van der Waals surface area contributed by atoms with Crippen LogP contribution in [0.2, 0.25) is 10.0 Å². The van der Waals surface area contributed by atoms with Crippen molar-refractivity contribution < 1.29 is 9.69 Å². The Morgan fingerprint density at radius 1 is 1.48 bits per heavy atom. The van der Waals surface area contributed by atoms with E-state index in [-0.39, 0.29) is 11.9 Å². The van der Waals surface area contributed by atoms with Crippen LogP contribution in [0.3, 0.4) is 0 Å². The zero-order valence-corrected chi connectivity index (χ0v) is 14.1. The van der Waals surface area contributed by atoms with E-state index in [4.69, 9.17) is 23.2 Å². The average molecular weight is 330 g/mol. The van der Waals surface area contributed by atoms with Crippen LogP contribution in [0, 0.1) is 5.92 Å². The molecule has 1 heterocycles. The second-order valence-corrected chi connectivity index (χ2v) is 6.93. The Bertz CT molecular complexity index is 507. The molecule has 0 bridgehead atoms. The SMILES string of the molecule is C[C@@H]1CCC[NH+](CC(=O)N[C@@H](C)c2ccc(Cl)cc2Cl)C1. The van der Waals surface area contributed by atoms with Crippen LogP contribution in [0.25, 0.3) is 0 Å². The monoisotopic (exact) mass is 329 g/mol. The first-order chi connectivity index (χ1) is 9.95.